The van der Waals surface area contributed by atoms with Gasteiger partial charge in [-0.1, -0.05) is 37.4 Å². The molecule has 0 aliphatic heterocycles. The fraction of sp³-hybridized carbons (Fsp3) is 0.381. The average Bonchev–Trinajstić information content (AvgIpc) is 3.49. The minimum atomic E-state index is -0.0837. The van der Waals surface area contributed by atoms with E-state index in [4.69, 9.17) is 15.0 Å². The molecule has 10 heteroatoms. The molecule has 0 saturated heterocycles. The third-order valence-electron chi connectivity index (χ3n) is 5.26. The Bertz CT molecular complexity index is 1280. The summed E-state index contributed by atoms with van der Waals surface area (Å²) in [5.41, 5.74) is 5.05. The number of nitrogens with one attached hydrogen (secondary N) is 1. The zero-order valence-corrected chi connectivity index (χ0v) is 20.7. The molecular weight excluding hydrogens is 467 g/mol. The van der Waals surface area contributed by atoms with Crippen molar-refractivity contribution >= 4 is 77.7 Å². The minimum absolute atomic E-state index is 0.0837. The third-order valence-corrected chi connectivity index (χ3v) is 8.68. The first-order valence-corrected chi connectivity index (χ1v) is 14.0. The number of nitrogens with zero attached hydrogens (tertiary/aromatic N) is 4. The number of hydrogen-bond acceptors (Lipinski definition) is 9. The minimum Gasteiger partial charge on any atom is -0.301 e. The van der Waals surface area contributed by atoms with E-state index in [1.807, 2.05) is 11.6 Å². The molecule has 4 aromatic heterocycles. The number of carbonyl (C=O) groups excluding carboxylic acids is 1. The van der Waals surface area contributed by atoms with Crippen LogP contribution in [0.15, 0.2) is 21.8 Å². The fourth-order valence-corrected chi connectivity index (χ4v) is 7.02. The molecule has 4 heterocycles. The van der Waals surface area contributed by atoms with Crippen molar-refractivity contribution in [3.63, 3.8) is 0 Å². The van der Waals surface area contributed by atoms with E-state index < -0.39 is 0 Å². The molecule has 160 valence electrons. The lowest BCUT2D eigenvalue weighted by atomic mass is 9.99. The van der Waals surface area contributed by atoms with Gasteiger partial charge in [0.1, 0.15) is 9.86 Å². The molecule has 0 fully saturated rings. The van der Waals surface area contributed by atoms with E-state index in [0.717, 1.165) is 38.1 Å². The summed E-state index contributed by atoms with van der Waals surface area (Å²) in [6.45, 7) is 4.43. The highest BCUT2D eigenvalue weighted by atomic mass is 32.2. The van der Waals surface area contributed by atoms with Gasteiger partial charge in [0.2, 0.25) is 5.91 Å². The number of carbonyl (C=O) groups is 1. The van der Waals surface area contributed by atoms with E-state index in [1.165, 1.54) is 63.5 Å². The van der Waals surface area contributed by atoms with Crippen molar-refractivity contribution in [2.45, 2.75) is 49.2 Å². The summed E-state index contributed by atoms with van der Waals surface area (Å²) in [6.07, 6.45) is 7.02. The molecule has 0 unspecified atom stereocenters. The van der Waals surface area contributed by atoms with Gasteiger partial charge in [-0.2, -0.15) is 0 Å². The van der Waals surface area contributed by atoms with Crippen LogP contribution < -0.4 is 5.32 Å². The molecular formula is C21H21N5OS4. The van der Waals surface area contributed by atoms with E-state index in [2.05, 4.69) is 24.1 Å². The number of aryl methyl sites for hydroxylation is 1. The van der Waals surface area contributed by atoms with E-state index in [9.17, 15) is 4.79 Å². The normalized spacial score (nSPS) is 13.4. The molecule has 0 aromatic carbocycles. The Hall–Kier alpha value is -1.75. The zero-order chi connectivity index (χ0) is 21.5. The maximum Gasteiger partial charge on any atom is 0.236 e. The Morgan fingerprint density at radius 2 is 2.06 bits per heavy atom. The third kappa shape index (κ3) is 3.94. The van der Waals surface area contributed by atoms with Crippen LogP contribution in [0.2, 0.25) is 0 Å². The van der Waals surface area contributed by atoms with Crippen molar-refractivity contribution in [3.05, 3.63) is 28.4 Å². The summed E-state index contributed by atoms with van der Waals surface area (Å²) in [5.74, 6) is 0.591. The molecule has 4 aromatic rings. The highest BCUT2D eigenvalue weighted by Crippen LogP contribution is 2.43. The summed E-state index contributed by atoms with van der Waals surface area (Å²) >= 11 is 6.05. The zero-order valence-electron chi connectivity index (χ0n) is 17.4. The van der Waals surface area contributed by atoms with Crippen LogP contribution >= 0.6 is 46.2 Å². The summed E-state index contributed by atoms with van der Waals surface area (Å²) in [4.78, 5) is 32.2. The number of thiophene rings is 1. The number of aromatic nitrogens is 4. The quantitative estimate of drug-likeness (QED) is 0.210. The first-order chi connectivity index (χ1) is 15.0. The fourth-order valence-electron chi connectivity index (χ4n) is 3.99. The van der Waals surface area contributed by atoms with Crippen LogP contribution in [0.4, 0.5) is 5.13 Å². The largest absolute Gasteiger partial charge is 0.301 e. The van der Waals surface area contributed by atoms with Crippen LogP contribution in [0.1, 0.15) is 43.0 Å². The summed E-state index contributed by atoms with van der Waals surface area (Å²) in [6, 6.07) is 0. The molecule has 0 saturated carbocycles. The molecule has 0 bridgehead atoms. The smallest absolute Gasteiger partial charge is 0.236 e. The van der Waals surface area contributed by atoms with Gasteiger partial charge in [-0.3, -0.25) is 4.79 Å². The lowest BCUT2D eigenvalue weighted by Crippen LogP contribution is -2.13. The molecule has 5 rings (SSSR count). The molecule has 1 N–H and O–H groups in total. The van der Waals surface area contributed by atoms with E-state index in [-0.39, 0.29) is 11.7 Å². The molecule has 1 aliphatic rings. The monoisotopic (exact) mass is 487 g/mol. The van der Waals surface area contributed by atoms with Gasteiger partial charge in [-0.25, -0.2) is 19.9 Å². The number of rotatable bonds is 6. The van der Waals surface area contributed by atoms with Crippen LogP contribution in [-0.4, -0.2) is 37.9 Å². The first-order valence-electron chi connectivity index (χ1n) is 10.1. The van der Waals surface area contributed by atoms with Crippen LogP contribution in [-0.2, 0) is 17.6 Å². The van der Waals surface area contributed by atoms with Crippen molar-refractivity contribution in [1.82, 2.24) is 19.9 Å². The van der Waals surface area contributed by atoms with Crippen molar-refractivity contribution in [1.29, 1.82) is 0 Å². The van der Waals surface area contributed by atoms with Crippen molar-refractivity contribution in [2.24, 2.45) is 0 Å². The molecule has 1 amide bonds. The van der Waals surface area contributed by atoms with Gasteiger partial charge < -0.3 is 5.32 Å². The highest BCUT2D eigenvalue weighted by molar-refractivity contribution is 8.00. The summed E-state index contributed by atoms with van der Waals surface area (Å²) in [5, 5.41) is 8.08. The molecule has 1 aliphatic carbocycles. The van der Waals surface area contributed by atoms with E-state index in [0.29, 0.717) is 11.0 Å². The number of thiazole rings is 1. The SMILES string of the molecule is CSc1nc(SCC(=O)Nc2nccs2)c2sc3nc(C(C)C)c4c(c3c2n1)CCC4. The molecule has 6 nitrogen and oxygen atoms in total. The molecule has 0 spiro atoms. The van der Waals surface area contributed by atoms with Crippen LogP contribution in [0.3, 0.4) is 0 Å². The predicted octanol–water partition coefficient (Wildman–Crippen LogP) is 5.76. The second-order valence-corrected chi connectivity index (χ2v) is 11.2. The lowest BCUT2D eigenvalue weighted by molar-refractivity contribution is -0.113. The molecule has 0 atom stereocenters. The van der Waals surface area contributed by atoms with Crippen LogP contribution in [0.5, 0.6) is 0 Å². The predicted molar refractivity (Wildman–Crippen MR) is 132 cm³/mol. The van der Waals surface area contributed by atoms with Gasteiger partial charge in [-0.15, -0.1) is 22.7 Å². The topological polar surface area (TPSA) is 80.7 Å². The van der Waals surface area contributed by atoms with Crippen molar-refractivity contribution in [3.8, 4) is 0 Å². The second kappa shape index (κ2) is 8.65. The Balaban J connectivity index is 1.58. The van der Waals surface area contributed by atoms with Crippen LogP contribution in [0, 0.1) is 0 Å². The second-order valence-electron chi connectivity index (χ2n) is 7.61. The number of amides is 1. The average molecular weight is 488 g/mol. The van der Waals surface area contributed by atoms with Gasteiger partial charge >= 0.3 is 0 Å². The number of hydrogen-bond donors (Lipinski definition) is 1. The van der Waals surface area contributed by atoms with Gasteiger partial charge in [0.05, 0.1) is 16.0 Å². The number of pyridine rings is 1. The number of thioether (sulfide) groups is 2. The Labute approximate surface area is 196 Å². The van der Waals surface area contributed by atoms with Gasteiger partial charge in [0, 0.05) is 22.7 Å². The molecule has 0 radical (unpaired) electrons. The Morgan fingerprint density at radius 3 is 2.81 bits per heavy atom. The lowest BCUT2D eigenvalue weighted by Gasteiger charge is -2.12. The highest BCUT2D eigenvalue weighted by Gasteiger charge is 2.26. The number of fused-ring (bicyclic) bond motifs is 5. The summed E-state index contributed by atoms with van der Waals surface area (Å²) < 4.78 is 1.03. The van der Waals surface area contributed by atoms with Crippen molar-refractivity contribution in [2.75, 3.05) is 17.3 Å². The van der Waals surface area contributed by atoms with Crippen molar-refractivity contribution < 1.29 is 4.79 Å². The first kappa shape index (κ1) is 21.1. The summed E-state index contributed by atoms with van der Waals surface area (Å²) in [7, 11) is 0. The maximum atomic E-state index is 12.4. The Morgan fingerprint density at radius 1 is 1.23 bits per heavy atom. The number of anilines is 1. The standard InChI is InChI=1S/C21H21N5OS4/c1-10(2)15-12-6-4-5-11(12)14-16-17(31-18(14)24-15)19(26-21(25-16)28-3)30-9-13(27)23-20-22-7-8-29-20/h7-8,10H,4-6,9H2,1-3H3,(H,22,23,27). The van der Waals surface area contributed by atoms with Gasteiger partial charge in [0.25, 0.3) is 0 Å². The maximum absolute atomic E-state index is 12.4. The Kier molecular flexibility index (Phi) is 5.89. The van der Waals surface area contributed by atoms with E-state index >= 15 is 0 Å². The van der Waals surface area contributed by atoms with Crippen LogP contribution in [0.25, 0.3) is 20.4 Å². The van der Waals surface area contributed by atoms with Gasteiger partial charge in [-0.05, 0) is 42.6 Å². The van der Waals surface area contributed by atoms with Gasteiger partial charge in [0.15, 0.2) is 10.3 Å². The van der Waals surface area contributed by atoms with E-state index in [1.54, 1.807) is 17.5 Å². The molecule has 31 heavy (non-hydrogen) atoms.